The molecule has 0 amide bonds. The van der Waals surface area contributed by atoms with E-state index in [1.54, 1.807) is 0 Å². The Morgan fingerprint density at radius 1 is 1.40 bits per heavy atom. The summed E-state index contributed by atoms with van der Waals surface area (Å²) in [5.41, 5.74) is 3.34. The molecule has 0 saturated carbocycles. The lowest BCUT2D eigenvalue weighted by atomic mass is 10.2. The van der Waals surface area contributed by atoms with Crippen molar-refractivity contribution in [3.8, 4) is 0 Å². The maximum absolute atomic E-state index is 9.00. The molecule has 2 aromatic heterocycles. The molecule has 6 heteroatoms. The van der Waals surface area contributed by atoms with Gasteiger partial charge in [0.25, 0.3) is 0 Å². The van der Waals surface area contributed by atoms with Gasteiger partial charge in [-0.3, -0.25) is 4.68 Å². The minimum absolute atomic E-state index is 0.113. The van der Waals surface area contributed by atoms with Gasteiger partial charge in [-0.25, -0.2) is 0 Å². The van der Waals surface area contributed by atoms with Crippen molar-refractivity contribution >= 4 is 15.9 Å². The van der Waals surface area contributed by atoms with Gasteiger partial charge in [-0.2, -0.15) is 5.10 Å². The van der Waals surface area contributed by atoms with Gasteiger partial charge in [0, 0.05) is 30.8 Å². The van der Waals surface area contributed by atoms with Crippen LogP contribution in [0, 0.1) is 13.8 Å². The Bertz CT molecular complexity index is 563. The van der Waals surface area contributed by atoms with Gasteiger partial charge in [-0.05, 0) is 41.9 Å². The summed E-state index contributed by atoms with van der Waals surface area (Å²) in [6.45, 7) is 6.34. The zero-order valence-corrected chi connectivity index (χ0v) is 13.4. The number of furan rings is 1. The van der Waals surface area contributed by atoms with E-state index in [2.05, 4.69) is 26.3 Å². The Hall–Kier alpha value is -1.11. The zero-order valence-electron chi connectivity index (χ0n) is 11.8. The first kappa shape index (κ1) is 15.3. The molecule has 0 atom stereocenters. The summed E-state index contributed by atoms with van der Waals surface area (Å²) in [5, 5.41) is 16.8. The van der Waals surface area contributed by atoms with Gasteiger partial charge in [0.15, 0.2) is 4.67 Å². The fourth-order valence-electron chi connectivity index (χ4n) is 2.21. The topological polar surface area (TPSA) is 63.2 Å². The first-order valence-electron chi connectivity index (χ1n) is 6.70. The summed E-state index contributed by atoms with van der Waals surface area (Å²) in [4.78, 5) is 0. The predicted octanol–water partition coefficient (Wildman–Crippen LogP) is 2.18. The second-order valence-corrected chi connectivity index (χ2v) is 5.51. The van der Waals surface area contributed by atoms with E-state index in [4.69, 9.17) is 9.52 Å². The summed E-state index contributed by atoms with van der Waals surface area (Å²) < 4.78 is 8.08. The monoisotopic (exact) mass is 341 g/mol. The van der Waals surface area contributed by atoms with Crippen molar-refractivity contribution in [1.82, 2.24) is 15.1 Å². The molecule has 2 heterocycles. The molecule has 0 aliphatic carbocycles. The van der Waals surface area contributed by atoms with E-state index in [1.165, 1.54) is 5.56 Å². The van der Waals surface area contributed by atoms with E-state index in [0.29, 0.717) is 6.54 Å². The molecule has 2 N–H and O–H groups in total. The van der Waals surface area contributed by atoms with Gasteiger partial charge < -0.3 is 14.8 Å². The summed E-state index contributed by atoms with van der Waals surface area (Å²) >= 11 is 3.30. The standard InChI is InChI=1S/C14H20BrN3O2/c1-10-13(11(2)18(17-10)7-8-19)9-16-6-5-12-3-4-14(15)20-12/h3-4,16,19H,5-9H2,1-2H3. The minimum atomic E-state index is 0.113. The summed E-state index contributed by atoms with van der Waals surface area (Å²) in [6, 6.07) is 3.88. The smallest absolute Gasteiger partial charge is 0.169 e. The third kappa shape index (κ3) is 3.71. The van der Waals surface area contributed by atoms with Crippen molar-refractivity contribution in [3.05, 3.63) is 39.5 Å². The highest BCUT2D eigenvalue weighted by Crippen LogP contribution is 2.15. The summed E-state index contributed by atoms with van der Waals surface area (Å²) in [7, 11) is 0. The minimum Gasteiger partial charge on any atom is -0.454 e. The number of nitrogens with one attached hydrogen (secondary N) is 1. The fourth-order valence-corrected chi connectivity index (χ4v) is 2.55. The number of aromatic nitrogens is 2. The molecule has 0 saturated heterocycles. The molecule has 5 nitrogen and oxygen atoms in total. The van der Waals surface area contributed by atoms with Gasteiger partial charge in [0.2, 0.25) is 0 Å². The molecule has 110 valence electrons. The lowest BCUT2D eigenvalue weighted by molar-refractivity contribution is 0.267. The van der Waals surface area contributed by atoms with Crippen LogP contribution in [0.1, 0.15) is 22.7 Å². The highest BCUT2D eigenvalue weighted by atomic mass is 79.9. The van der Waals surface area contributed by atoms with Gasteiger partial charge >= 0.3 is 0 Å². The van der Waals surface area contributed by atoms with Crippen LogP contribution in [0.25, 0.3) is 0 Å². The van der Waals surface area contributed by atoms with Crippen LogP contribution in [-0.2, 0) is 19.5 Å². The Labute approximate surface area is 127 Å². The lowest BCUT2D eigenvalue weighted by Crippen LogP contribution is -2.17. The second-order valence-electron chi connectivity index (χ2n) is 4.73. The average molecular weight is 342 g/mol. The average Bonchev–Trinajstić information content (AvgIpc) is 2.93. The summed E-state index contributed by atoms with van der Waals surface area (Å²) in [5.74, 6) is 0.966. The quantitative estimate of drug-likeness (QED) is 0.757. The van der Waals surface area contributed by atoms with E-state index < -0.39 is 0 Å². The third-order valence-corrected chi connectivity index (χ3v) is 3.75. The van der Waals surface area contributed by atoms with E-state index in [1.807, 2.05) is 30.7 Å². The van der Waals surface area contributed by atoms with Crippen molar-refractivity contribution in [2.24, 2.45) is 0 Å². The Morgan fingerprint density at radius 3 is 2.85 bits per heavy atom. The van der Waals surface area contributed by atoms with Gasteiger partial charge in [0.05, 0.1) is 18.8 Å². The molecule has 0 radical (unpaired) electrons. The highest BCUT2D eigenvalue weighted by Gasteiger charge is 2.10. The van der Waals surface area contributed by atoms with Crippen molar-refractivity contribution in [3.63, 3.8) is 0 Å². The van der Waals surface area contributed by atoms with Crippen molar-refractivity contribution in [2.45, 2.75) is 33.4 Å². The molecule has 0 spiro atoms. The highest BCUT2D eigenvalue weighted by molar-refractivity contribution is 9.10. The van der Waals surface area contributed by atoms with E-state index in [9.17, 15) is 0 Å². The molecular weight excluding hydrogens is 322 g/mol. The maximum Gasteiger partial charge on any atom is 0.169 e. The van der Waals surface area contributed by atoms with Crippen LogP contribution in [0.2, 0.25) is 0 Å². The van der Waals surface area contributed by atoms with Gasteiger partial charge in [-0.1, -0.05) is 0 Å². The molecule has 0 bridgehead atoms. The van der Waals surface area contributed by atoms with Crippen molar-refractivity contribution in [2.75, 3.05) is 13.2 Å². The van der Waals surface area contributed by atoms with Crippen LogP contribution in [-0.4, -0.2) is 28.0 Å². The van der Waals surface area contributed by atoms with E-state index in [-0.39, 0.29) is 6.61 Å². The number of hydrogen-bond donors (Lipinski definition) is 2. The normalized spacial score (nSPS) is 11.2. The molecule has 2 aromatic rings. The number of aliphatic hydroxyl groups is 1. The zero-order chi connectivity index (χ0) is 14.5. The van der Waals surface area contributed by atoms with Crippen LogP contribution in [0.15, 0.2) is 21.2 Å². The maximum atomic E-state index is 9.00. The number of aliphatic hydroxyl groups excluding tert-OH is 1. The SMILES string of the molecule is Cc1nn(CCO)c(C)c1CNCCc1ccc(Br)o1. The Morgan fingerprint density at radius 2 is 2.20 bits per heavy atom. The molecule has 0 aliphatic heterocycles. The van der Waals surface area contributed by atoms with Crippen LogP contribution in [0.3, 0.4) is 0 Å². The molecule has 2 rings (SSSR count). The first-order valence-corrected chi connectivity index (χ1v) is 7.49. The second kappa shape index (κ2) is 7.06. The number of hydrogen-bond acceptors (Lipinski definition) is 4. The first-order chi connectivity index (χ1) is 9.61. The van der Waals surface area contributed by atoms with E-state index in [0.717, 1.165) is 41.3 Å². The van der Waals surface area contributed by atoms with Crippen LogP contribution in [0.4, 0.5) is 0 Å². The third-order valence-electron chi connectivity index (χ3n) is 3.32. The van der Waals surface area contributed by atoms with Crippen molar-refractivity contribution in [1.29, 1.82) is 0 Å². The number of aryl methyl sites for hydroxylation is 1. The predicted molar refractivity (Wildman–Crippen MR) is 80.6 cm³/mol. The number of rotatable bonds is 7. The molecular formula is C14H20BrN3O2. The Balaban J connectivity index is 1.84. The van der Waals surface area contributed by atoms with Gasteiger partial charge in [-0.15, -0.1) is 0 Å². The van der Waals surface area contributed by atoms with E-state index >= 15 is 0 Å². The Kier molecular flexibility index (Phi) is 5.39. The largest absolute Gasteiger partial charge is 0.454 e. The van der Waals surface area contributed by atoms with Gasteiger partial charge in [0.1, 0.15) is 5.76 Å². The molecule has 0 fully saturated rings. The van der Waals surface area contributed by atoms with Crippen molar-refractivity contribution < 1.29 is 9.52 Å². The lowest BCUT2D eigenvalue weighted by Gasteiger charge is -2.05. The molecule has 0 aliphatic rings. The molecule has 0 aromatic carbocycles. The molecule has 0 unspecified atom stereocenters. The number of nitrogens with zero attached hydrogens (tertiary/aromatic N) is 2. The fraction of sp³-hybridized carbons (Fsp3) is 0.500. The number of halogens is 1. The van der Waals surface area contributed by atoms with Crippen LogP contribution < -0.4 is 5.32 Å². The summed E-state index contributed by atoms with van der Waals surface area (Å²) in [6.07, 6.45) is 0.856. The van der Waals surface area contributed by atoms with Crippen LogP contribution >= 0.6 is 15.9 Å². The van der Waals surface area contributed by atoms with Crippen LogP contribution in [0.5, 0.6) is 0 Å². The molecule has 20 heavy (non-hydrogen) atoms.